The Bertz CT molecular complexity index is 296. The van der Waals surface area contributed by atoms with Gasteiger partial charge in [-0.3, -0.25) is 4.90 Å². The molecule has 0 aliphatic carbocycles. The van der Waals surface area contributed by atoms with Crippen LogP contribution in [0.3, 0.4) is 0 Å². The van der Waals surface area contributed by atoms with Crippen molar-refractivity contribution in [2.45, 2.75) is 38.6 Å². The Kier molecular flexibility index (Phi) is 2.57. The fourth-order valence-electron chi connectivity index (χ4n) is 2.16. The lowest BCUT2D eigenvalue weighted by molar-refractivity contribution is 0.173. The van der Waals surface area contributed by atoms with E-state index in [0.717, 1.165) is 6.54 Å². The molecule has 1 aromatic carbocycles. The van der Waals surface area contributed by atoms with E-state index in [1.54, 1.807) is 0 Å². The SMILES string of the molecule is C[C@H](O)[C@@H]1[C@H](C)N1Cc1ccccc1. The maximum absolute atomic E-state index is 9.47. The zero-order valence-electron chi connectivity index (χ0n) is 8.72. The lowest BCUT2D eigenvalue weighted by Crippen LogP contribution is -2.14. The molecule has 1 N–H and O–H groups in total. The van der Waals surface area contributed by atoms with Crippen molar-refractivity contribution in [3.05, 3.63) is 35.9 Å². The maximum Gasteiger partial charge on any atom is 0.0682 e. The van der Waals surface area contributed by atoms with Gasteiger partial charge in [0.1, 0.15) is 0 Å². The summed E-state index contributed by atoms with van der Waals surface area (Å²) in [6.45, 7) is 4.99. The summed E-state index contributed by atoms with van der Waals surface area (Å²) in [7, 11) is 0. The molecule has 1 aliphatic heterocycles. The highest BCUT2D eigenvalue weighted by molar-refractivity contribution is 5.17. The Labute approximate surface area is 85.2 Å². The quantitative estimate of drug-likeness (QED) is 0.734. The first-order valence-corrected chi connectivity index (χ1v) is 5.18. The van der Waals surface area contributed by atoms with Gasteiger partial charge in [0, 0.05) is 12.6 Å². The molecule has 0 amide bonds. The van der Waals surface area contributed by atoms with Gasteiger partial charge in [-0.15, -0.1) is 0 Å². The molecule has 2 nitrogen and oxygen atoms in total. The molecule has 0 saturated carbocycles. The molecular formula is C12H17NO. The number of rotatable bonds is 3. The highest BCUT2D eigenvalue weighted by Gasteiger charge is 2.46. The standard InChI is InChI=1S/C12H17NO/c1-9-12(10(2)14)13(9)8-11-6-4-3-5-7-11/h3-7,9-10,12,14H,8H2,1-2H3/t9-,10-,12-,13?/m0/s1. The number of benzene rings is 1. The van der Waals surface area contributed by atoms with Gasteiger partial charge < -0.3 is 5.11 Å². The van der Waals surface area contributed by atoms with Crippen LogP contribution in [0.4, 0.5) is 0 Å². The van der Waals surface area contributed by atoms with Crippen molar-refractivity contribution >= 4 is 0 Å². The Hall–Kier alpha value is -0.860. The van der Waals surface area contributed by atoms with Crippen LogP contribution in [0.25, 0.3) is 0 Å². The van der Waals surface area contributed by atoms with Gasteiger partial charge in [0.25, 0.3) is 0 Å². The van der Waals surface area contributed by atoms with E-state index < -0.39 is 0 Å². The Morgan fingerprint density at radius 1 is 1.36 bits per heavy atom. The van der Waals surface area contributed by atoms with E-state index in [2.05, 4.69) is 36.1 Å². The summed E-state index contributed by atoms with van der Waals surface area (Å²) in [5.74, 6) is 0. The Morgan fingerprint density at radius 3 is 2.50 bits per heavy atom. The molecule has 2 rings (SSSR count). The lowest BCUT2D eigenvalue weighted by Gasteiger charge is -2.05. The van der Waals surface area contributed by atoms with Gasteiger partial charge in [-0.1, -0.05) is 30.3 Å². The molecule has 1 aromatic rings. The predicted octanol–water partition coefficient (Wildman–Crippen LogP) is 1.64. The van der Waals surface area contributed by atoms with E-state index in [-0.39, 0.29) is 6.10 Å². The average Bonchev–Trinajstić information content (AvgIpc) is 2.78. The van der Waals surface area contributed by atoms with Crippen LogP contribution in [0.5, 0.6) is 0 Å². The zero-order valence-corrected chi connectivity index (χ0v) is 8.72. The van der Waals surface area contributed by atoms with Crippen molar-refractivity contribution in [2.75, 3.05) is 0 Å². The monoisotopic (exact) mass is 191 g/mol. The minimum absolute atomic E-state index is 0.214. The third kappa shape index (κ3) is 1.81. The van der Waals surface area contributed by atoms with Crippen molar-refractivity contribution in [3.63, 3.8) is 0 Å². The van der Waals surface area contributed by atoms with Crippen LogP contribution >= 0.6 is 0 Å². The molecule has 14 heavy (non-hydrogen) atoms. The van der Waals surface area contributed by atoms with Crippen molar-refractivity contribution in [1.29, 1.82) is 0 Å². The van der Waals surface area contributed by atoms with Crippen LogP contribution in [0.15, 0.2) is 30.3 Å². The van der Waals surface area contributed by atoms with Crippen LogP contribution in [0, 0.1) is 0 Å². The van der Waals surface area contributed by atoms with Crippen molar-refractivity contribution in [3.8, 4) is 0 Å². The molecule has 0 spiro atoms. The summed E-state index contributed by atoms with van der Waals surface area (Å²) in [6.07, 6.45) is -0.214. The summed E-state index contributed by atoms with van der Waals surface area (Å²) in [4.78, 5) is 2.32. The second kappa shape index (κ2) is 3.71. The van der Waals surface area contributed by atoms with E-state index in [9.17, 15) is 5.11 Å². The van der Waals surface area contributed by atoms with Crippen LogP contribution in [-0.2, 0) is 6.54 Å². The predicted molar refractivity (Wildman–Crippen MR) is 56.9 cm³/mol. The third-order valence-electron chi connectivity index (χ3n) is 3.01. The number of nitrogens with zero attached hydrogens (tertiary/aromatic N) is 1. The van der Waals surface area contributed by atoms with Gasteiger partial charge in [0.05, 0.1) is 12.1 Å². The van der Waals surface area contributed by atoms with Gasteiger partial charge in [-0.2, -0.15) is 0 Å². The van der Waals surface area contributed by atoms with Gasteiger partial charge in [0.15, 0.2) is 0 Å². The summed E-state index contributed by atoms with van der Waals surface area (Å²) in [6, 6.07) is 11.3. The van der Waals surface area contributed by atoms with Crippen LogP contribution in [-0.4, -0.2) is 28.2 Å². The van der Waals surface area contributed by atoms with Crippen molar-refractivity contribution in [1.82, 2.24) is 4.90 Å². The average molecular weight is 191 g/mol. The smallest absolute Gasteiger partial charge is 0.0682 e. The molecule has 0 bridgehead atoms. The number of aliphatic hydroxyl groups is 1. The molecule has 1 aliphatic rings. The first-order chi connectivity index (χ1) is 6.70. The molecule has 1 heterocycles. The Morgan fingerprint density at radius 2 is 2.00 bits per heavy atom. The van der Waals surface area contributed by atoms with Gasteiger partial charge >= 0.3 is 0 Å². The normalized spacial score (nSPS) is 32.6. The van der Waals surface area contributed by atoms with Gasteiger partial charge in [-0.05, 0) is 19.4 Å². The van der Waals surface area contributed by atoms with E-state index in [1.165, 1.54) is 5.56 Å². The van der Waals surface area contributed by atoms with E-state index in [4.69, 9.17) is 0 Å². The molecule has 0 aromatic heterocycles. The van der Waals surface area contributed by atoms with Crippen LogP contribution in [0.2, 0.25) is 0 Å². The van der Waals surface area contributed by atoms with Crippen LogP contribution < -0.4 is 0 Å². The maximum atomic E-state index is 9.47. The van der Waals surface area contributed by atoms with Gasteiger partial charge in [0.2, 0.25) is 0 Å². The number of hydrogen-bond acceptors (Lipinski definition) is 2. The van der Waals surface area contributed by atoms with Crippen molar-refractivity contribution < 1.29 is 5.11 Å². The molecular weight excluding hydrogens is 174 g/mol. The molecule has 1 fully saturated rings. The minimum atomic E-state index is -0.214. The third-order valence-corrected chi connectivity index (χ3v) is 3.01. The summed E-state index contributed by atoms with van der Waals surface area (Å²) >= 11 is 0. The fourth-order valence-corrected chi connectivity index (χ4v) is 2.16. The lowest BCUT2D eigenvalue weighted by atomic mass is 10.2. The fraction of sp³-hybridized carbons (Fsp3) is 0.500. The molecule has 1 unspecified atom stereocenters. The summed E-state index contributed by atoms with van der Waals surface area (Å²) in [5, 5.41) is 9.47. The highest BCUT2D eigenvalue weighted by atomic mass is 16.3. The number of aliphatic hydroxyl groups excluding tert-OH is 1. The van der Waals surface area contributed by atoms with E-state index >= 15 is 0 Å². The van der Waals surface area contributed by atoms with E-state index in [0.29, 0.717) is 12.1 Å². The molecule has 2 heteroatoms. The highest BCUT2D eigenvalue weighted by Crippen LogP contribution is 2.32. The zero-order chi connectivity index (χ0) is 10.1. The van der Waals surface area contributed by atoms with Gasteiger partial charge in [-0.25, -0.2) is 0 Å². The first kappa shape index (κ1) is 9.69. The largest absolute Gasteiger partial charge is 0.392 e. The molecule has 0 radical (unpaired) electrons. The second-order valence-corrected chi connectivity index (χ2v) is 4.13. The summed E-state index contributed by atoms with van der Waals surface area (Å²) in [5.41, 5.74) is 1.32. The molecule has 4 atom stereocenters. The summed E-state index contributed by atoms with van der Waals surface area (Å²) < 4.78 is 0. The van der Waals surface area contributed by atoms with Crippen molar-refractivity contribution in [2.24, 2.45) is 0 Å². The van der Waals surface area contributed by atoms with Crippen LogP contribution in [0.1, 0.15) is 19.4 Å². The van der Waals surface area contributed by atoms with E-state index in [1.807, 2.05) is 13.0 Å². The second-order valence-electron chi connectivity index (χ2n) is 4.13. The minimum Gasteiger partial charge on any atom is -0.392 e. The topological polar surface area (TPSA) is 23.2 Å². The number of hydrogen-bond donors (Lipinski definition) is 1. The Balaban J connectivity index is 1.95. The first-order valence-electron chi connectivity index (χ1n) is 5.18. The molecule has 76 valence electrons. The molecule has 1 saturated heterocycles.